The van der Waals surface area contributed by atoms with Crippen molar-refractivity contribution >= 4 is 27.3 Å². The number of benzene rings is 1. The van der Waals surface area contributed by atoms with E-state index in [1.54, 1.807) is 25.6 Å². The van der Waals surface area contributed by atoms with E-state index in [9.17, 15) is 0 Å². The molecule has 0 aliphatic heterocycles. The van der Waals surface area contributed by atoms with Crippen LogP contribution in [-0.4, -0.2) is 26.3 Å². The van der Waals surface area contributed by atoms with Gasteiger partial charge in [0.2, 0.25) is 0 Å². The highest BCUT2D eigenvalue weighted by Gasteiger charge is 2.13. The Bertz CT molecular complexity index is 563. The summed E-state index contributed by atoms with van der Waals surface area (Å²) in [7, 11) is 5.27. The summed E-state index contributed by atoms with van der Waals surface area (Å²) in [6.07, 6.45) is 0. The van der Waals surface area contributed by atoms with E-state index in [0.717, 1.165) is 33.0 Å². The lowest BCUT2D eigenvalue weighted by Crippen LogP contribution is -2.06. The molecule has 0 saturated carbocycles. The van der Waals surface area contributed by atoms with Gasteiger partial charge in [-0.2, -0.15) is 0 Å². The maximum absolute atomic E-state index is 5.25. The van der Waals surface area contributed by atoms with Crippen LogP contribution in [-0.2, 0) is 17.9 Å². The van der Waals surface area contributed by atoms with Gasteiger partial charge in [-0.3, -0.25) is 0 Å². The summed E-state index contributed by atoms with van der Waals surface area (Å²) in [6, 6.07) is 5.98. The van der Waals surface area contributed by atoms with Gasteiger partial charge in [-0.05, 0) is 41.2 Å². The Morgan fingerprint density at radius 2 is 2.15 bits per heavy atom. The molecule has 108 valence electrons. The predicted molar refractivity (Wildman–Crippen MR) is 85.3 cm³/mol. The number of hydrogen-bond acceptors (Lipinski definition) is 5. The van der Waals surface area contributed by atoms with Crippen LogP contribution in [0, 0.1) is 0 Å². The van der Waals surface area contributed by atoms with Crippen LogP contribution in [0.1, 0.15) is 10.6 Å². The van der Waals surface area contributed by atoms with Crippen molar-refractivity contribution in [2.45, 2.75) is 13.2 Å². The van der Waals surface area contributed by atoms with Crippen molar-refractivity contribution in [3.8, 4) is 16.3 Å². The highest BCUT2D eigenvalue weighted by atomic mass is 79.9. The second-order valence-corrected chi connectivity index (χ2v) is 6.14. The molecular weight excluding hydrogens is 340 g/mol. The molecule has 0 fully saturated rings. The SMILES string of the molecule is CNCc1sc(-c2ccc(OC)c(Br)c2)nc1COC. The van der Waals surface area contributed by atoms with Crippen LogP contribution in [0.4, 0.5) is 0 Å². The predicted octanol–water partition coefficient (Wildman–Crippen LogP) is 3.45. The molecule has 0 aliphatic carbocycles. The number of aromatic nitrogens is 1. The molecule has 0 atom stereocenters. The monoisotopic (exact) mass is 356 g/mol. The Hall–Kier alpha value is -0.950. The quantitative estimate of drug-likeness (QED) is 0.860. The van der Waals surface area contributed by atoms with Gasteiger partial charge >= 0.3 is 0 Å². The molecule has 4 nitrogen and oxygen atoms in total. The summed E-state index contributed by atoms with van der Waals surface area (Å²) in [5, 5.41) is 4.15. The van der Waals surface area contributed by atoms with Gasteiger partial charge in [0.25, 0.3) is 0 Å². The Morgan fingerprint density at radius 3 is 2.75 bits per heavy atom. The molecule has 0 radical (unpaired) electrons. The zero-order valence-electron chi connectivity index (χ0n) is 11.7. The number of thiazole rings is 1. The normalized spacial score (nSPS) is 10.8. The second kappa shape index (κ2) is 7.17. The number of halogens is 1. The van der Waals surface area contributed by atoms with Crippen LogP contribution < -0.4 is 10.1 Å². The van der Waals surface area contributed by atoms with E-state index in [1.165, 1.54) is 4.88 Å². The van der Waals surface area contributed by atoms with Crippen LogP contribution in [0.5, 0.6) is 5.75 Å². The molecule has 6 heteroatoms. The maximum Gasteiger partial charge on any atom is 0.133 e. The molecule has 0 aliphatic rings. The minimum absolute atomic E-state index is 0.533. The fourth-order valence-electron chi connectivity index (χ4n) is 1.85. The van der Waals surface area contributed by atoms with Gasteiger partial charge < -0.3 is 14.8 Å². The van der Waals surface area contributed by atoms with Gasteiger partial charge in [0, 0.05) is 24.1 Å². The molecule has 0 saturated heterocycles. The molecule has 0 amide bonds. The maximum atomic E-state index is 5.25. The topological polar surface area (TPSA) is 43.4 Å². The smallest absolute Gasteiger partial charge is 0.133 e. The molecule has 1 aromatic carbocycles. The molecular formula is C14H17BrN2O2S. The number of nitrogens with one attached hydrogen (secondary N) is 1. The Morgan fingerprint density at radius 1 is 1.35 bits per heavy atom. The van der Waals surface area contributed by atoms with Crippen molar-refractivity contribution < 1.29 is 9.47 Å². The van der Waals surface area contributed by atoms with Crippen LogP contribution in [0.25, 0.3) is 10.6 Å². The fourth-order valence-corrected chi connectivity index (χ4v) is 3.47. The van der Waals surface area contributed by atoms with Crippen molar-refractivity contribution in [2.75, 3.05) is 21.3 Å². The van der Waals surface area contributed by atoms with Crippen LogP contribution in [0.15, 0.2) is 22.7 Å². The van der Waals surface area contributed by atoms with E-state index in [1.807, 2.05) is 25.2 Å². The first kappa shape index (κ1) is 15.4. The summed E-state index contributed by atoms with van der Waals surface area (Å²) >= 11 is 5.19. The summed E-state index contributed by atoms with van der Waals surface area (Å²) in [6.45, 7) is 1.33. The van der Waals surface area contributed by atoms with E-state index in [-0.39, 0.29) is 0 Å². The molecule has 0 spiro atoms. The molecule has 1 heterocycles. The number of rotatable bonds is 6. The van der Waals surface area contributed by atoms with E-state index in [0.29, 0.717) is 6.61 Å². The zero-order valence-corrected chi connectivity index (χ0v) is 14.1. The van der Waals surface area contributed by atoms with Crippen LogP contribution >= 0.6 is 27.3 Å². The minimum Gasteiger partial charge on any atom is -0.496 e. The van der Waals surface area contributed by atoms with E-state index >= 15 is 0 Å². The fraction of sp³-hybridized carbons (Fsp3) is 0.357. The van der Waals surface area contributed by atoms with Gasteiger partial charge in [-0.25, -0.2) is 4.98 Å². The van der Waals surface area contributed by atoms with E-state index in [2.05, 4.69) is 26.2 Å². The highest BCUT2D eigenvalue weighted by Crippen LogP contribution is 2.33. The summed E-state index contributed by atoms with van der Waals surface area (Å²) < 4.78 is 11.4. The standard InChI is InChI=1S/C14H17BrN2O2S/c1-16-7-13-11(8-18-2)17-14(20-13)9-4-5-12(19-3)10(15)6-9/h4-6,16H,7-8H2,1-3H3. The molecule has 0 bridgehead atoms. The van der Waals surface area contributed by atoms with E-state index < -0.39 is 0 Å². The summed E-state index contributed by atoms with van der Waals surface area (Å²) in [5.74, 6) is 0.817. The zero-order chi connectivity index (χ0) is 14.5. The van der Waals surface area contributed by atoms with Crippen molar-refractivity contribution in [3.05, 3.63) is 33.2 Å². The molecule has 1 N–H and O–H groups in total. The largest absolute Gasteiger partial charge is 0.496 e. The van der Waals surface area contributed by atoms with Gasteiger partial charge in [0.1, 0.15) is 10.8 Å². The van der Waals surface area contributed by atoms with Gasteiger partial charge in [0.15, 0.2) is 0 Å². The van der Waals surface area contributed by atoms with Gasteiger partial charge in [0.05, 0.1) is 23.9 Å². The van der Waals surface area contributed by atoms with Crippen molar-refractivity contribution in [2.24, 2.45) is 0 Å². The molecule has 2 aromatic rings. The Labute approximate surface area is 131 Å². The number of nitrogens with zero attached hydrogens (tertiary/aromatic N) is 1. The number of ether oxygens (including phenoxy) is 2. The van der Waals surface area contributed by atoms with Crippen LogP contribution in [0.2, 0.25) is 0 Å². The third-order valence-corrected chi connectivity index (χ3v) is 4.56. The van der Waals surface area contributed by atoms with Crippen molar-refractivity contribution in [1.29, 1.82) is 0 Å². The Kier molecular flexibility index (Phi) is 5.54. The summed E-state index contributed by atoms with van der Waals surface area (Å²) in [5.41, 5.74) is 2.07. The third kappa shape index (κ3) is 3.38. The molecule has 1 aromatic heterocycles. The average Bonchev–Trinajstić information content (AvgIpc) is 2.83. The number of methoxy groups -OCH3 is 2. The number of hydrogen-bond donors (Lipinski definition) is 1. The lowest BCUT2D eigenvalue weighted by molar-refractivity contribution is 0.181. The third-order valence-electron chi connectivity index (χ3n) is 2.80. The minimum atomic E-state index is 0.533. The molecule has 0 unspecified atom stereocenters. The van der Waals surface area contributed by atoms with Gasteiger partial charge in [-0.1, -0.05) is 0 Å². The summed E-state index contributed by atoms with van der Waals surface area (Å²) in [4.78, 5) is 5.88. The average molecular weight is 357 g/mol. The lowest BCUT2D eigenvalue weighted by atomic mass is 10.2. The van der Waals surface area contributed by atoms with Crippen LogP contribution in [0.3, 0.4) is 0 Å². The van der Waals surface area contributed by atoms with Gasteiger partial charge in [-0.15, -0.1) is 11.3 Å². The van der Waals surface area contributed by atoms with Crippen molar-refractivity contribution in [3.63, 3.8) is 0 Å². The highest BCUT2D eigenvalue weighted by molar-refractivity contribution is 9.10. The lowest BCUT2D eigenvalue weighted by Gasteiger charge is -2.04. The first-order valence-electron chi connectivity index (χ1n) is 6.15. The first-order chi connectivity index (χ1) is 9.69. The molecule has 2 rings (SSSR count). The van der Waals surface area contributed by atoms with Crippen molar-refractivity contribution in [1.82, 2.24) is 10.3 Å². The molecule has 20 heavy (non-hydrogen) atoms. The van der Waals surface area contributed by atoms with E-state index in [4.69, 9.17) is 9.47 Å². The Balaban J connectivity index is 2.36. The second-order valence-electron chi connectivity index (χ2n) is 4.20. The first-order valence-corrected chi connectivity index (χ1v) is 7.76.